The van der Waals surface area contributed by atoms with Crippen molar-refractivity contribution in [2.75, 3.05) is 20.5 Å². The van der Waals surface area contributed by atoms with Crippen LogP contribution >= 0.6 is 11.8 Å². The molecule has 23 heavy (non-hydrogen) atoms. The summed E-state index contributed by atoms with van der Waals surface area (Å²) in [6, 6.07) is 11.2. The van der Waals surface area contributed by atoms with Gasteiger partial charge in [-0.3, -0.25) is 0 Å². The number of carbonyl (C=O) groups is 1. The number of H-pyrrole nitrogens is 1. The molecule has 0 bridgehead atoms. The molecule has 3 aromatic rings. The number of imidazole rings is 1. The third-order valence-electron chi connectivity index (χ3n) is 3.57. The van der Waals surface area contributed by atoms with E-state index in [1.54, 1.807) is 37.1 Å². The van der Waals surface area contributed by atoms with Crippen molar-refractivity contribution in [3.63, 3.8) is 0 Å². The molecule has 3 rings (SSSR count). The average Bonchev–Trinajstić information content (AvgIpc) is 3.03. The molecule has 1 aromatic heterocycles. The lowest BCUT2D eigenvalue weighted by Crippen LogP contribution is -2.00. The Morgan fingerprint density at radius 3 is 2.70 bits per heavy atom. The van der Waals surface area contributed by atoms with Crippen LogP contribution in [0.25, 0.3) is 22.4 Å². The predicted molar refractivity (Wildman–Crippen MR) is 91.2 cm³/mol. The number of esters is 1. The van der Waals surface area contributed by atoms with Gasteiger partial charge in [-0.25, -0.2) is 9.78 Å². The molecular weight excluding hydrogens is 312 g/mol. The Morgan fingerprint density at radius 2 is 2.00 bits per heavy atom. The van der Waals surface area contributed by atoms with Crippen molar-refractivity contribution in [1.82, 2.24) is 9.97 Å². The smallest absolute Gasteiger partial charge is 0.337 e. The molecule has 0 fully saturated rings. The molecule has 1 N–H and O–H groups in total. The number of aromatic amines is 1. The summed E-state index contributed by atoms with van der Waals surface area (Å²) in [6.45, 7) is 0. The predicted octanol–water partition coefficient (Wildman–Crippen LogP) is 3.75. The van der Waals surface area contributed by atoms with Crippen LogP contribution in [0.2, 0.25) is 0 Å². The maximum Gasteiger partial charge on any atom is 0.337 e. The van der Waals surface area contributed by atoms with E-state index in [1.807, 2.05) is 24.5 Å². The van der Waals surface area contributed by atoms with E-state index in [-0.39, 0.29) is 5.97 Å². The first-order chi connectivity index (χ1) is 11.2. The van der Waals surface area contributed by atoms with Gasteiger partial charge in [0, 0.05) is 4.90 Å². The van der Waals surface area contributed by atoms with Crippen LogP contribution in [0.1, 0.15) is 10.4 Å². The second-order valence-corrected chi connectivity index (χ2v) is 5.75. The summed E-state index contributed by atoms with van der Waals surface area (Å²) in [5.74, 6) is 1.08. The summed E-state index contributed by atoms with van der Waals surface area (Å²) < 4.78 is 10.2. The lowest BCUT2D eigenvalue weighted by molar-refractivity contribution is 0.0601. The van der Waals surface area contributed by atoms with Gasteiger partial charge in [-0.15, -0.1) is 11.8 Å². The monoisotopic (exact) mass is 328 g/mol. The quantitative estimate of drug-likeness (QED) is 0.584. The number of benzene rings is 2. The molecule has 0 unspecified atom stereocenters. The van der Waals surface area contributed by atoms with E-state index in [9.17, 15) is 4.79 Å². The van der Waals surface area contributed by atoms with Gasteiger partial charge in [0.2, 0.25) is 0 Å². The summed E-state index contributed by atoms with van der Waals surface area (Å²) in [5, 5.41) is 0. The van der Waals surface area contributed by atoms with Crippen LogP contribution < -0.4 is 4.74 Å². The Labute approximate surface area is 138 Å². The van der Waals surface area contributed by atoms with Gasteiger partial charge in [0.15, 0.2) is 0 Å². The van der Waals surface area contributed by atoms with Gasteiger partial charge >= 0.3 is 5.97 Å². The van der Waals surface area contributed by atoms with Gasteiger partial charge in [-0.2, -0.15) is 0 Å². The molecular formula is C17H16N2O3S. The van der Waals surface area contributed by atoms with Crippen molar-refractivity contribution in [2.45, 2.75) is 4.90 Å². The minimum Gasteiger partial charge on any atom is -0.496 e. The highest BCUT2D eigenvalue weighted by Crippen LogP contribution is 2.32. The SMILES string of the molecule is COC(=O)c1ccc2nc(-c3ccc(SC)cc3OC)[nH]c2c1. The Morgan fingerprint density at radius 1 is 1.17 bits per heavy atom. The normalized spacial score (nSPS) is 10.7. The van der Waals surface area contributed by atoms with Crippen molar-refractivity contribution in [3.05, 3.63) is 42.0 Å². The fourth-order valence-electron chi connectivity index (χ4n) is 2.38. The zero-order chi connectivity index (χ0) is 16.4. The highest BCUT2D eigenvalue weighted by atomic mass is 32.2. The molecule has 0 amide bonds. The molecule has 1 heterocycles. The van der Waals surface area contributed by atoms with Crippen LogP contribution in [0.3, 0.4) is 0 Å². The number of carbonyl (C=O) groups excluding carboxylic acids is 1. The lowest BCUT2D eigenvalue weighted by Gasteiger charge is -2.07. The first-order valence-electron chi connectivity index (χ1n) is 6.96. The summed E-state index contributed by atoms with van der Waals surface area (Å²) in [6.07, 6.45) is 2.02. The Kier molecular flexibility index (Phi) is 4.25. The molecule has 6 heteroatoms. The van der Waals surface area contributed by atoms with Crippen LogP contribution in [0, 0.1) is 0 Å². The summed E-state index contributed by atoms with van der Waals surface area (Å²) in [5.41, 5.74) is 2.92. The second kappa shape index (κ2) is 6.34. The van der Waals surface area contributed by atoms with E-state index < -0.39 is 0 Å². The van der Waals surface area contributed by atoms with Crippen molar-refractivity contribution in [3.8, 4) is 17.1 Å². The van der Waals surface area contributed by atoms with Crippen molar-refractivity contribution in [2.24, 2.45) is 0 Å². The topological polar surface area (TPSA) is 64.2 Å². The minimum atomic E-state index is -0.370. The molecule has 0 aliphatic heterocycles. The first-order valence-corrected chi connectivity index (χ1v) is 8.19. The number of fused-ring (bicyclic) bond motifs is 1. The van der Waals surface area contributed by atoms with E-state index in [2.05, 4.69) is 9.97 Å². The van der Waals surface area contributed by atoms with Crippen LogP contribution in [-0.2, 0) is 4.74 Å². The molecule has 0 atom stereocenters. The first kappa shape index (κ1) is 15.4. The maximum absolute atomic E-state index is 11.6. The minimum absolute atomic E-state index is 0.370. The van der Waals surface area contributed by atoms with E-state index in [4.69, 9.17) is 9.47 Å². The number of hydrogen-bond donors (Lipinski definition) is 1. The third-order valence-corrected chi connectivity index (χ3v) is 4.29. The largest absolute Gasteiger partial charge is 0.496 e. The maximum atomic E-state index is 11.6. The number of ether oxygens (including phenoxy) is 2. The zero-order valence-electron chi connectivity index (χ0n) is 13.0. The van der Waals surface area contributed by atoms with Crippen LogP contribution in [0.15, 0.2) is 41.3 Å². The van der Waals surface area contributed by atoms with Gasteiger partial charge in [-0.05, 0) is 42.7 Å². The number of nitrogens with zero attached hydrogens (tertiary/aromatic N) is 1. The highest BCUT2D eigenvalue weighted by molar-refractivity contribution is 7.98. The Bertz CT molecular complexity index is 873. The molecule has 0 spiro atoms. The summed E-state index contributed by atoms with van der Waals surface area (Å²) in [7, 11) is 3.00. The van der Waals surface area contributed by atoms with E-state index in [0.29, 0.717) is 11.4 Å². The van der Waals surface area contributed by atoms with Crippen molar-refractivity contribution in [1.29, 1.82) is 0 Å². The molecule has 0 aliphatic rings. The number of hydrogen-bond acceptors (Lipinski definition) is 5. The Hall–Kier alpha value is -2.47. The van der Waals surface area contributed by atoms with Gasteiger partial charge in [-0.1, -0.05) is 0 Å². The summed E-state index contributed by atoms with van der Waals surface area (Å²) in [4.78, 5) is 20.6. The standard InChI is InChI=1S/C17H16N2O3S/c1-21-15-9-11(23-3)5-6-12(15)16-18-13-7-4-10(17(20)22-2)8-14(13)19-16/h4-9H,1-3H3,(H,18,19). The number of methoxy groups -OCH3 is 2. The van der Waals surface area contributed by atoms with Gasteiger partial charge in [0.05, 0.1) is 36.4 Å². The molecule has 5 nitrogen and oxygen atoms in total. The third kappa shape index (κ3) is 2.90. The molecule has 0 radical (unpaired) electrons. The molecule has 118 valence electrons. The molecule has 0 saturated heterocycles. The lowest BCUT2D eigenvalue weighted by atomic mass is 10.2. The van der Waals surface area contributed by atoms with Crippen LogP contribution in [0.5, 0.6) is 5.75 Å². The zero-order valence-corrected chi connectivity index (χ0v) is 13.9. The average molecular weight is 328 g/mol. The van der Waals surface area contributed by atoms with Gasteiger partial charge in [0.25, 0.3) is 0 Å². The molecule has 2 aromatic carbocycles. The fourth-order valence-corrected chi connectivity index (χ4v) is 2.81. The van der Waals surface area contributed by atoms with E-state index in [1.165, 1.54) is 7.11 Å². The van der Waals surface area contributed by atoms with Gasteiger partial charge < -0.3 is 14.5 Å². The van der Waals surface area contributed by atoms with Gasteiger partial charge in [0.1, 0.15) is 11.6 Å². The van der Waals surface area contributed by atoms with E-state index in [0.717, 1.165) is 27.2 Å². The highest BCUT2D eigenvalue weighted by Gasteiger charge is 2.13. The van der Waals surface area contributed by atoms with Crippen LogP contribution in [0.4, 0.5) is 0 Å². The number of aromatic nitrogens is 2. The second-order valence-electron chi connectivity index (χ2n) is 4.88. The number of thioether (sulfide) groups is 1. The van der Waals surface area contributed by atoms with Crippen LogP contribution in [-0.4, -0.2) is 36.4 Å². The van der Waals surface area contributed by atoms with Crippen molar-refractivity contribution >= 4 is 28.8 Å². The summed E-state index contributed by atoms with van der Waals surface area (Å²) >= 11 is 1.65. The number of nitrogens with one attached hydrogen (secondary N) is 1. The van der Waals surface area contributed by atoms with E-state index >= 15 is 0 Å². The number of rotatable bonds is 4. The molecule has 0 saturated carbocycles. The Balaban J connectivity index is 2.08. The van der Waals surface area contributed by atoms with Crippen molar-refractivity contribution < 1.29 is 14.3 Å². The fraction of sp³-hybridized carbons (Fsp3) is 0.176. The molecule has 0 aliphatic carbocycles.